The number of aromatic nitrogens is 1. The molecule has 5 nitrogen and oxygen atoms in total. The molecule has 0 aliphatic carbocycles. The lowest BCUT2D eigenvalue weighted by molar-refractivity contribution is 0.550. The molecule has 0 aliphatic rings. The van der Waals surface area contributed by atoms with Gasteiger partial charge in [-0.05, 0) is 37.2 Å². The number of nitrogens with zero attached hydrogens (tertiary/aromatic N) is 2. The van der Waals surface area contributed by atoms with Crippen LogP contribution in [0.25, 0.3) is 0 Å². The van der Waals surface area contributed by atoms with Gasteiger partial charge in [0, 0.05) is 12.7 Å². The van der Waals surface area contributed by atoms with E-state index in [-0.39, 0.29) is 6.54 Å². The molecule has 1 aromatic heterocycles. The van der Waals surface area contributed by atoms with Gasteiger partial charge in [0.1, 0.15) is 0 Å². The van der Waals surface area contributed by atoms with Crippen LogP contribution in [0.3, 0.4) is 0 Å². The van der Waals surface area contributed by atoms with Crippen LogP contribution in [0.15, 0.2) is 53.7 Å². The Balaban J connectivity index is 2.48. The molecule has 2 aromatic rings. The summed E-state index contributed by atoms with van der Waals surface area (Å²) in [5.74, 6) is -0.869. The van der Waals surface area contributed by atoms with E-state index in [1.807, 2.05) is 0 Å². The van der Waals surface area contributed by atoms with Gasteiger partial charge in [0.25, 0.3) is 10.0 Å². The van der Waals surface area contributed by atoms with E-state index in [0.29, 0.717) is 18.7 Å². The normalized spacial score (nSPS) is 11.3. The summed E-state index contributed by atoms with van der Waals surface area (Å²) in [6.07, 6.45) is 1.71. The molecule has 0 aliphatic heterocycles. The zero-order chi connectivity index (χ0) is 15.3. The van der Waals surface area contributed by atoms with Crippen LogP contribution in [-0.2, 0) is 10.0 Å². The van der Waals surface area contributed by atoms with E-state index in [2.05, 4.69) is 4.98 Å². The van der Waals surface area contributed by atoms with Crippen LogP contribution in [0.5, 0.6) is 0 Å². The van der Waals surface area contributed by atoms with Gasteiger partial charge in [0.2, 0.25) is 5.03 Å². The highest BCUT2D eigenvalue weighted by Gasteiger charge is 2.28. The summed E-state index contributed by atoms with van der Waals surface area (Å²) in [6.45, 7) is 0.502. The van der Waals surface area contributed by atoms with E-state index < -0.39 is 20.9 Å². The summed E-state index contributed by atoms with van der Waals surface area (Å²) in [6, 6.07) is 10.9. The predicted molar refractivity (Wildman–Crippen MR) is 78.8 cm³/mol. The molecule has 0 saturated heterocycles. The van der Waals surface area contributed by atoms with Crippen molar-refractivity contribution in [3.63, 3.8) is 0 Å². The Morgan fingerprint density at radius 1 is 1.14 bits per heavy atom. The molecule has 2 rings (SSSR count). The lowest BCUT2D eigenvalue weighted by atomic mass is 10.3. The smallest absolute Gasteiger partial charge is 0.284 e. The number of pyridine rings is 1. The molecule has 1 aromatic carbocycles. The van der Waals surface area contributed by atoms with Crippen LogP contribution in [0, 0.1) is 5.82 Å². The van der Waals surface area contributed by atoms with Crippen molar-refractivity contribution in [1.82, 2.24) is 4.98 Å². The highest BCUT2D eigenvalue weighted by atomic mass is 32.2. The zero-order valence-corrected chi connectivity index (χ0v) is 12.1. The lowest BCUT2D eigenvalue weighted by Crippen LogP contribution is -2.34. The van der Waals surface area contributed by atoms with Crippen LogP contribution in [0.2, 0.25) is 0 Å². The molecular weight excluding hydrogens is 293 g/mol. The Labute approximate surface area is 123 Å². The van der Waals surface area contributed by atoms with E-state index in [1.54, 1.807) is 30.3 Å². The van der Waals surface area contributed by atoms with E-state index in [1.165, 1.54) is 12.3 Å². The van der Waals surface area contributed by atoms with Crippen molar-refractivity contribution >= 4 is 15.7 Å². The highest BCUT2D eigenvalue weighted by molar-refractivity contribution is 7.92. The molecular formula is C14H16FN3O2S. The maximum absolute atomic E-state index is 13.8. The van der Waals surface area contributed by atoms with Crippen molar-refractivity contribution in [3.05, 3.63) is 54.5 Å². The molecule has 0 unspecified atom stereocenters. The summed E-state index contributed by atoms with van der Waals surface area (Å²) in [7, 11) is -4.07. The largest absolute Gasteiger partial charge is 0.330 e. The molecule has 1 heterocycles. The third-order valence-corrected chi connectivity index (χ3v) is 4.63. The topological polar surface area (TPSA) is 76.3 Å². The minimum absolute atomic E-state index is 0.166. The lowest BCUT2D eigenvalue weighted by Gasteiger charge is -2.23. The van der Waals surface area contributed by atoms with Crippen LogP contribution in [-0.4, -0.2) is 26.5 Å². The molecule has 21 heavy (non-hydrogen) atoms. The van der Waals surface area contributed by atoms with Crippen molar-refractivity contribution in [3.8, 4) is 0 Å². The zero-order valence-electron chi connectivity index (χ0n) is 11.3. The summed E-state index contributed by atoms with van der Waals surface area (Å²) in [5, 5.41) is -0.578. The number of anilines is 1. The average molecular weight is 309 g/mol. The molecule has 0 radical (unpaired) electrons. The van der Waals surface area contributed by atoms with Crippen molar-refractivity contribution in [2.24, 2.45) is 5.73 Å². The summed E-state index contributed by atoms with van der Waals surface area (Å²) in [5.41, 5.74) is 5.91. The summed E-state index contributed by atoms with van der Waals surface area (Å²) >= 11 is 0. The fourth-order valence-electron chi connectivity index (χ4n) is 1.88. The van der Waals surface area contributed by atoms with Crippen molar-refractivity contribution in [1.29, 1.82) is 0 Å². The van der Waals surface area contributed by atoms with E-state index in [0.717, 1.165) is 10.4 Å². The van der Waals surface area contributed by atoms with E-state index >= 15 is 0 Å². The minimum Gasteiger partial charge on any atom is -0.330 e. The third kappa shape index (κ3) is 3.37. The highest BCUT2D eigenvalue weighted by Crippen LogP contribution is 2.23. The van der Waals surface area contributed by atoms with Gasteiger partial charge in [-0.1, -0.05) is 18.2 Å². The molecule has 0 atom stereocenters. The number of benzene rings is 1. The molecule has 112 valence electrons. The third-order valence-electron chi connectivity index (χ3n) is 2.87. The fraction of sp³-hybridized carbons (Fsp3) is 0.214. The Hall–Kier alpha value is -1.99. The number of rotatable bonds is 6. The van der Waals surface area contributed by atoms with Gasteiger partial charge in [-0.25, -0.2) is 9.37 Å². The van der Waals surface area contributed by atoms with E-state index in [9.17, 15) is 12.8 Å². The number of sulfonamides is 1. The van der Waals surface area contributed by atoms with Gasteiger partial charge in [0.15, 0.2) is 5.82 Å². The molecule has 0 spiro atoms. The average Bonchev–Trinajstić information content (AvgIpc) is 2.49. The molecule has 0 bridgehead atoms. The Morgan fingerprint density at radius 2 is 1.86 bits per heavy atom. The quantitative estimate of drug-likeness (QED) is 0.882. The maximum Gasteiger partial charge on any atom is 0.284 e. The van der Waals surface area contributed by atoms with Crippen molar-refractivity contribution < 1.29 is 12.8 Å². The summed E-state index contributed by atoms with van der Waals surface area (Å²) in [4.78, 5) is 3.67. The van der Waals surface area contributed by atoms with Gasteiger partial charge in [-0.2, -0.15) is 8.42 Å². The number of halogens is 1. The van der Waals surface area contributed by atoms with Crippen LogP contribution >= 0.6 is 0 Å². The first kappa shape index (κ1) is 15.4. The Kier molecular flexibility index (Phi) is 4.87. The second kappa shape index (κ2) is 6.64. The SMILES string of the molecule is NCCCN(c1ccccc1)S(=O)(=O)c1ncccc1F. The molecule has 2 N–H and O–H groups in total. The molecule has 0 fully saturated rings. The Morgan fingerprint density at radius 3 is 2.48 bits per heavy atom. The minimum atomic E-state index is -4.07. The Bertz CT molecular complexity index is 692. The monoisotopic (exact) mass is 309 g/mol. The van der Waals surface area contributed by atoms with Crippen LogP contribution < -0.4 is 10.0 Å². The molecule has 0 amide bonds. The van der Waals surface area contributed by atoms with Crippen molar-refractivity contribution in [2.45, 2.75) is 11.4 Å². The first-order chi connectivity index (χ1) is 10.1. The van der Waals surface area contributed by atoms with Gasteiger partial charge < -0.3 is 5.73 Å². The number of nitrogens with two attached hydrogens (primary N) is 1. The molecule has 0 saturated carbocycles. The van der Waals surface area contributed by atoms with Crippen molar-refractivity contribution in [2.75, 3.05) is 17.4 Å². The van der Waals surface area contributed by atoms with Gasteiger partial charge >= 0.3 is 0 Å². The molecule has 7 heteroatoms. The second-order valence-corrected chi connectivity index (χ2v) is 6.12. The van der Waals surface area contributed by atoms with Crippen LogP contribution in [0.4, 0.5) is 10.1 Å². The van der Waals surface area contributed by atoms with Gasteiger partial charge in [0.05, 0.1) is 5.69 Å². The number of hydrogen-bond donors (Lipinski definition) is 1. The second-order valence-electron chi connectivity index (χ2n) is 4.35. The number of para-hydroxylation sites is 1. The summed E-state index contributed by atoms with van der Waals surface area (Å²) < 4.78 is 40.2. The standard InChI is InChI=1S/C14H16FN3O2S/c15-13-8-4-10-17-14(13)21(19,20)18(11-5-9-16)12-6-2-1-3-7-12/h1-4,6-8,10H,5,9,11,16H2. The fourth-order valence-corrected chi connectivity index (χ4v) is 3.37. The first-order valence-corrected chi connectivity index (χ1v) is 7.89. The predicted octanol–water partition coefficient (Wildman–Crippen LogP) is 1.76. The van der Waals surface area contributed by atoms with E-state index in [4.69, 9.17) is 5.73 Å². The first-order valence-electron chi connectivity index (χ1n) is 6.45. The number of hydrogen-bond acceptors (Lipinski definition) is 4. The van der Waals surface area contributed by atoms with Gasteiger partial charge in [-0.3, -0.25) is 4.31 Å². The van der Waals surface area contributed by atoms with Crippen LogP contribution in [0.1, 0.15) is 6.42 Å². The maximum atomic E-state index is 13.8. The van der Waals surface area contributed by atoms with Gasteiger partial charge in [-0.15, -0.1) is 0 Å².